The van der Waals surface area contributed by atoms with Crippen LogP contribution in [0, 0.1) is 5.41 Å². The van der Waals surface area contributed by atoms with Crippen molar-refractivity contribution in [2.45, 2.75) is 26.3 Å². The van der Waals surface area contributed by atoms with Crippen LogP contribution in [0.1, 0.15) is 20.3 Å². The number of rotatable bonds is 6. The van der Waals surface area contributed by atoms with Crippen molar-refractivity contribution in [1.82, 2.24) is 5.32 Å². The van der Waals surface area contributed by atoms with Gasteiger partial charge in [0.25, 0.3) is 0 Å². The van der Waals surface area contributed by atoms with E-state index in [4.69, 9.17) is 15.3 Å². The van der Waals surface area contributed by atoms with Gasteiger partial charge in [-0.05, 0) is 13.8 Å². The van der Waals surface area contributed by atoms with Crippen molar-refractivity contribution < 1.29 is 24.9 Å². The number of aliphatic hydroxyl groups is 2. The molecule has 0 saturated carbocycles. The molecular weight excluding hydrogens is 202 g/mol. The van der Waals surface area contributed by atoms with Gasteiger partial charge in [-0.15, -0.1) is 0 Å². The largest absolute Gasteiger partial charge is 0.481 e. The zero-order valence-corrected chi connectivity index (χ0v) is 8.86. The van der Waals surface area contributed by atoms with Gasteiger partial charge >= 0.3 is 5.97 Å². The third-order valence-electron chi connectivity index (χ3n) is 1.99. The molecule has 1 amide bonds. The summed E-state index contributed by atoms with van der Waals surface area (Å²) in [6.07, 6.45) is -0.196. The van der Waals surface area contributed by atoms with Gasteiger partial charge in [-0.1, -0.05) is 0 Å². The SMILES string of the molecule is CC(C)(CC(=O)NC(CO)CO)C(=O)O. The third kappa shape index (κ3) is 4.75. The van der Waals surface area contributed by atoms with E-state index in [-0.39, 0.29) is 19.6 Å². The molecule has 0 atom stereocenters. The zero-order chi connectivity index (χ0) is 12.1. The minimum Gasteiger partial charge on any atom is -0.481 e. The van der Waals surface area contributed by atoms with Crippen molar-refractivity contribution in [3.8, 4) is 0 Å². The number of aliphatic carboxylic acids is 1. The van der Waals surface area contributed by atoms with Crippen LogP contribution in [0.25, 0.3) is 0 Å². The van der Waals surface area contributed by atoms with Crippen LogP contribution in [0.3, 0.4) is 0 Å². The molecule has 6 nitrogen and oxygen atoms in total. The van der Waals surface area contributed by atoms with E-state index < -0.39 is 23.3 Å². The van der Waals surface area contributed by atoms with Gasteiger partial charge < -0.3 is 20.6 Å². The summed E-state index contributed by atoms with van der Waals surface area (Å²) >= 11 is 0. The third-order valence-corrected chi connectivity index (χ3v) is 1.99. The van der Waals surface area contributed by atoms with Crippen LogP contribution in [0.2, 0.25) is 0 Å². The van der Waals surface area contributed by atoms with Gasteiger partial charge in [-0.2, -0.15) is 0 Å². The van der Waals surface area contributed by atoms with Gasteiger partial charge in [0.05, 0.1) is 24.7 Å². The van der Waals surface area contributed by atoms with Gasteiger partial charge in [0.15, 0.2) is 0 Å². The molecule has 0 unspecified atom stereocenters. The smallest absolute Gasteiger partial charge is 0.309 e. The fraction of sp³-hybridized carbons (Fsp3) is 0.778. The summed E-state index contributed by atoms with van der Waals surface area (Å²) in [7, 11) is 0. The van der Waals surface area contributed by atoms with Gasteiger partial charge in [-0.25, -0.2) is 0 Å². The highest BCUT2D eigenvalue weighted by molar-refractivity contribution is 5.84. The second kappa shape index (κ2) is 5.67. The number of carboxylic acid groups (broad SMARTS) is 1. The van der Waals surface area contributed by atoms with Crippen molar-refractivity contribution in [3.63, 3.8) is 0 Å². The van der Waals surface area contributed by atoms with E-state index >= 15 is 0 Å². The lowest BCUT2D eigenvalue weighted by Gasteiger charge is -2.20. The summed E-state index contributed by atoms with van der Waals surface area (Å²) in [5.41, 5.74) is -1.15. The van der Waals surface area contributed by atoms with E-state index in [1.165, 1.54) is 13.8 Å². The average molecular weight is 219 g/mol. The molecule has 0 aliphatic rings. The second-order valence-corrected chi connectivity index (χ2v) is 4.00. The van der Waals surface area contributed by atoms with Gasteiger partial charge in [0.2, 0.25) is 5.91 Å². The number of nitrogens with one attached hydrogen (secondary N) is 1. The Morgan fingerprint density at radius 2 is 1.73 bits per heavy atom. The Balaban J connectivity index is 4.20. The topological polar surface area (TPSA) is 107 Å². The van der Waals surface area contributed by atoms with Crippen LogP contribution >= 0.6 is 0 Å². The summed E-state index contributed by atoms with van der Waals surface area (Å²) < 4.78 is 0. The molecule has 15 heavy (non-hydrogen) atoms. The first-order valence-corrected chi connectivity index (χ1v) is 4.58. The summed E-state index contributed by atoms with van der Waals surface area (Å²) in [5.74, 6) is -1.57. The summed E-state index contributed by atoms with van der Waals surface area (Å²) in [6.45, 7) is 2.11. The fourth-order valence-corrected chi connectivity index (χ4v) is 0.905. The lowest BCUT2D eigenvalue weighted by molar-refractivity contribution is -0.149. The molecule has 0 aromatic rings. The molecule has 0 aliphatic heterocycles. The first-order chi connectivity index (χ1) is 6.83. The highest BCUT2D eigenvalue weighted by atomic mass is 16.4. The van der Waals surface area contributed by atoms with Crippen LogP contribution < -0.4 is 5.32 Å². The molecule has 0 aromatic carbocycles. The molecule has 0 fully saturated rings. The van der Waals surface area contributed by atoms with Crippen molar-refractivity contribution in [3.05, 3.63) is 0 Å². The lowest BCUT2D eigenvalue weighted by atomic mass is 9.89. The summed E-state index contributed by atoms with van der Waals surface area (Å²) in [5, 5.41) is 28.5. The fourth-order valence-electron chi connectivity index (χ4n) is 0.905. The van der Waals surface area contributed by atoms with E-state index in [1.54, 1.807) is 0 Å². The van der Waals surface area contributed by atoms with E-state index in [0.717, 1.165) is 0 Å². The monoisotopic (exact) mass is 219 g/mol. The molecule has 0 saturated heterocycles. The molecule has 0 rings (SSSR count). The number of carbonyl (C=O) groups is 2. The van der Waals surface area contributed by atoms with Gasteiger partial charge in [0.1, 0.15) is 0 Å². The summed E-state index contributed by atoms with van der Waals surface area (Å²) in [6, 6.07) is -0.734. The first-order valence-electron chi connectivity index (χ1n) is 4.58. The van der Waals surface area contributed by atoms with Gasteiger partial charge in [-0.3, -0.25) is 9.59 Å². The average Bonchev–Trinajstić information content (AvgIpc) is 2.13. The van der Waals surface area contributed by atoms with Crippen LogP contribution in [0.5, 0.6) is 0 Å². The van der Waals surface area contributed by atoms with Gasteiger partial charge in [0, 0.05) is 6.42 Å². The number of carboxylic acids is 1. The standard InChI is InChI=1S/C9H17NO5/c1-9(2,8(14)15)3-7(13)10-6(4-11)5-12/h6,11-12H,3-5H2,1-2H3,(H,10,13)(H,14,15). The van der Waals surface area contributed by atoms with Crippen LogP contribution in [-0.4, -0.2) is 46.5 Å². The normalized spacial score (nSPS) is 11.5. The Hall–Kier alpha value is -1.14. The van der Waals surface area contributed by atoms with Crippen molar-refractivity contribution in [2.75, 3.05) is 13.2 Å². The minimum atomic E-state index is -1.15. The number of aliphatic hydroxyl groups excluding tert-OH is 2. The van der Waals surface area contributed by atoms with Crippen molar-refractivity contribution in [2.24, 2.45) is 5.41 Å². The van der Waals surface area contributed by atoms with Crippen molar-refractivity contribution in [1.29, 1.82) is 0 Å². The molecule has 0 aromatic heterocycles. The predicted molar refractivity (Wildman–Crippen MR) is 52.1 cm³/mol. The molecule has 0 heterocycles. The van der Waals surface area contributed by atoms with E-state index in [0.29, 0.717) is 0 Å². The van der Waals surface area contributed by atoms with Crippen LogP contribution in [-0.2, 0) is 9.59 Å². The number of amides is 1. The zero-order valence-electron chi connectivity index (χ0n) is 8.86. The Bertz CT molecular complexity index is 235. The molecule has 0 bridgehead atoms. The minimum absolute atomic E-state index is 0.196. The van der Waals surface area contributed by atoms with Crippen LogP contribution in [0.4, 0.5) is 0 Å². The maximum atomic E-state index is 11.3. The van der Waals surface area contributed by atoms with E-state index in [1.807, 2.05) is 0 Å². The summed E-state index contributed by atoms with van der Waals surface area (Å²) in [4.78, 5) is 22.0. The second-order valence-electron chi connectivity index (χ2n) is 4.00. The number of carbonyl (C=O) groups excluding carboxylic acids is 1. The van der Waals surface area contributed by atoms with E-state index in [9.17, 15) is 9.59 Å². The number of hydrogen-bond donors (Lipinski definition) is 4. The molecule has 4 N–H and O–H groups in total. The maximum absolute atomic E-state index is 11.3. The molecule has 6 heteroatoms. The van der Waals surface area contributed by atoms with Crippen molar-refractivity contribution >= 4 is 11.9 Å². The quantitative estimate of drug-likeness (QED) is 0.456. The van der Waals surface area contributed by atoms with Crippen LogP contribution in [0.15, 0.2) is 0 Å². The number of hydrogen-bond acceptors (Lipinski definition) is 4. The Morgan fingerprint density at radius 1 is 1.27 bits per heavy atom. The molecule has 0 spiro atoms. The molecular formula is C9H17NO5. The van der Waals surface area contributed by atoms with E-state index in [2.05, 4.69) is 5.32 Å². The highest BCUT2D eigenvalue weighted by Crippen LogP contribution is 2.19. The Morgan fingerprint density at radius 3 is 2.07 bits per heavy atom. The highest BCUT2D eigenvalue weighted by Gasteiger charge is 2.30. The first kappa shape index (κ1) is 13.9. The molecule has 0 aliphatic carbocycles. The lowest BCUT2D eigenvalue weighted by Crippen LogP contribution is -2.42. The Kier molecular flexibility index (Phi) is 5.24. The Labute approximate surface area is 87.9 Å². The maximum Gasteiger partial charge on any atom is 0.309 e. The molecule has 0 radical (unpaired) electrons. The predicted octanol–water partition coefficient (Wildman–Crippen LogP) is -1.04. The molecule has 88 valence electrons.